The van der Waals surface area contributed by atoms with Crippen LogP contribution in [0.15, 0.2) is 241 Å². The molecular weight excluding hydrogens is 847 g/mol. The molecule has 2 aliphatic carbocycles. The minimum atomic E-state index is -0.519. The lowest BCUT2D eigenvalue weighted by Crippen LogP contribution is -2.28. The number of nitrogens with zero attached hydrogens (tertiary/aromatic N) is 1. The van der Waals surface area contributed by atoms with Gasteiger partial charge in [0.2, 0.25) is 0 Å². The SMILES string of the molecule is CC1(C)CC(C)(C)c2cc3c(cc21)oc1cc(-c2ccc(-c4cccc(N(c5cccc(-c6ccccc6)c5)c5ccc6c(c5)C(c5ccccc5)(c5ccccc5)c5ccccc5-6)c4)cc2)ccc13. The van der Waals surface area contributed by atoms with E-state index in [4.69, 9.17) is 4.42 Å². The van der Waals surface area contributed by atoms with E-state index in [1.165, 1.54) is 66.4 Å². The van der Waals surface area contributed by atoms with Crippen LogP contribution in [0.25, 0.3) is 66.4 Å². The van der Waals surface area contributed by atoms with Crippen molar-refractivity contribution in [2.45, 2.75) is 50.4 Å². The molecule has 0 fully saturated rings. The van der Waals surface area contributed by atoms with Gasteiger partial charge in [-0.3, -0.25) is 0 Å². The van der Waals surface area contributed by atoms with Crippen LogP contribution in [0.5, 0.6) is 0 Å². The second-order valence-electron chi connectivity index (χ2n) is 20.8. The Kier molecular flexibility index (Phi) is 9.55. The van der Waals surface area contributed by atoms with Gasteiger partial charge in [-0.2, -0.15) is 0 Å². The van der Waals surface area contributed by atoms with Crippen LogP contribution in [0.1, 0.15) is 67.5 Å². The van der Waals surface area contributed by atoms with E-state index in [1.54, 1.807) is 0 Å². The van der Waals surface area contributed by atoms with Gasteiger partial charge < -0.3 is 9.32 Å². The summed E-state index contributed by atoms with van der Waals surface area (Å²) < 4.78 is 6.63. The largest absolute Gasteiger partial charge is 0.456 e. The van der Waals surface area contributed by atoms with E-state index in [2.05, 4.69) is 269 Å². The molecule has 0 saturated carbocycles. The molecule has 0 spiro atoms. The van der Waals surface area contributed by atoms with Crippen molar-refractivity contribution in [1.29, 1.82) is 0 Å². The van der Waals surface area contributed by atoms with Gasteiger partial charge in [-0.25, -0.2) is 0 Å². The van der Waals surface area contributed by atoms with Crippen molar-refractivity contribution in [2.24, 2.45) is 0 Å². The van der Waals surface area contributed by atoms with Crippen LogP contribution in [-0.2, 0) is 16.2 Å². The molecular formula is C68H53NO. The van der Waals surface area contributed by atoms with Gasteiger partial charge in [0, 0.05) is 27.8 Å². The highest BCUT2D eigenvalue weighted by molar-refractivity contribution is 6.07. The minimum Gasteiger partial charge on any atom is -0.456 e. The fraction of sp³-hybridized carbons (Fsp3) is 0.118. The van der Waals surface area contributed by atoms with E-state index in [0.717, 1.165) is 56.9 Å². The Morgan fingerprint density at radius 1 is 0.329 bits per heavy atom. The third-order valence-electron chi connectivity index (χ3n) is 15.5. The molecule has 11 aromatic rings. The fourth-order valence-electron chi connectivity index (χ4n) is 12.6. The summed E-state index contributed by atoms with van der Waals surface area (Å²) in [5.41, 5.74) is 22.4. The third-order valence-corrected chi connectivity index (χ3v) is 15.5. The van der Waals surface area contributed by atoms with E-state index >= 15 is 0 Å². The first-order valence-corrected chi connectivity index (χ1v) is 24.7. The maximum atomic E-state index is 6.63. The maximum absolute atomic E-state index is 6.63. The molecule has 336 valence electrons. The van der Waals surface area contributed by atoms with E-state index < -0.39 is 5.41 Å². The minimum absolute atomic E-state index is 0.122. The third kappa shape index (κ3) is 6.61. The average Bonchev–Trinajstić information content (AvgIpc) is 3.98. The molecule has 0 N–H and O–H groups in total. The number of furan rings is 1. The van der Waals surface area contributed by atoms with Crippen molar-refractivity contribution >= 4 is 39.0 Å². The van der Waals surface area contributed by atoms with Gasteiger partial charge in [0.05, 0.1) is 5.41 Å². The van der Waals surface area contributed by atoms with Crippen molar-refractivity contribution in [3.05, 3.63) is 270 Å². The van der Waals surface area contributed by atoms with Gasteiger partial charge in [-0.1, -0.05) is 204 Å². The second kappa shape index (κ2) is 15.9. The van der Waals surface area contributed by atoms with Crippen LogP contribution in [-0.4, -0.2) is 0 Å². The summed E-state index contributed by atoms with van der Waals surface area (Å²) in [6, 6.07) is 87.3. The number of hydrogen-bond acceptors (Lipinski definition) is 2. The molecule has 0 bridgehead atoms. The predicted octanol–water partition coefficient (Wildman–Crippen LogP) is 18.4. The molecule has 2 heteroatoms. The Morgan fingerprint density at radius 3 is 1.43 bits per heavy atom. The lowest BCUT2D eigenvalue weighted by molar-refractivity contribution is 0.403. The quantitative estimate of drug-likeness (QED) is 0.151. The number of rotatable bonds is 8. The van der Waals surface area contributed by atoms with Gasteiger partial charge in [0.25, 0.3) is 0 Å². The fourth-order valence-corrected chi connectivity index (χ4v) is 12.6. The van der Waals surface area contributed by atoms with Crippen molar-refractivity contribution in [1.82, 2.24) is 0 Å². The molecule has 2 aliphatic rings. The molecule has 1 aromatic heterocycles. The Hall–Kier alpha value is -8.20. The first-order valence-electron chi connectivity index (χ1n) is 24.7. The van der Waals surface area contributed by atoms with E-state index in [0.29, 0.717) is 0 Å². The van der Waals surface area contributed by atoms with Gasteiger partial charge in [-0.05, 0) is 156 Å². The molecule has 70 heavy (non-hydrogen) atoms. The molecule has 0 atom stereocenters. The maximum Gasteiger partial charge on any atom is 0.136 e. The predicted molar refractivity (Wildman–Crippen MR) is 293 cm³/mol. The van der Waals surface area contributed by atoms with Crippen LogP contribution in [0.3, 0.4) is 0 Å². The molecule has 0 saturated heterocycles. The summed E-state index contributed by atoms with van der Waals surface area (Å²) >= 11 is 0. The standard InChI is InChI=1S/C68H53NO/c1-66(2)44-67(3,4)63-43-65-59(42-62(63)66)58-36-34-50(40-64(58)70-65)47-32-30-46(31-33-47)49-21-17-27-54(39-49)69(53-26-16-20-48(38-53)45-18-8-5-9-19-45)55-35-37-57-56-28-14-15-29-60(56)68(61(57)41-55,51-22-10-6-11-23-51)52-24-12-7-13-25-52/h5-43H,44H2,1-4H3. The van der Waals surface area contributed by atoms with Gasteiger partial charge in [-0.15, -0.1) is 0 Å². The van der Waals surface area contributed by atoms with Gasteiger partial charge in [0.15, 0.2) is 0 Å². The lowest BCUT2D eigenvalue weighted by atomic mass is 9.67. The highest BCUT2D eigenvalue weighted by Crippen LogP contribution is 2.57. The summed E-state index contributed by atoms with van der Waals surface area (Å²) in [7, 11) is 0. The molecule has 0 amide bonds. The number of anilines is 3. The Bertz CT molecular complexity index is 3750. The van der Waals surface area contributed by atoms with Crippen molar-refractivity contribution in [3.8, 4) is 44.5 Å². The van der Waals surface area contributed by atoms with E-state index in [-0.39, 0.29) is 10.8 Å². The van der Waals surface area contributed by atoms with Crippen molar-refractivity contribution in [3.63, 3.8) is 0 Å². The smallest absolute Gasteiger partial charge is 0.136 e. The normalized spacial score (nSPS) is 14.9. The number of benzene rings is 10. The summed E-state index contributed by atoms with van der Waals surface area (Å²) in [4.78, 5) is 2.44. The van der Waals surface area contributed by atoms with Crippen LogP contribution < -0.4 is 4.90 Å². The molecule has 13 rings (SSSR count). The lowest BCUT2D eigenvalue weighted by Gasteiger charge is -2.35. The van der Waals surface area contributed by atoms with Crippen LogP contribution >= 0.6 is 0 Å². The first-order chi connectivity index (χ1) is 34.2. The Morgan fingerprint density at radius 2 is 0.800 bits per heavy atom. The zero-order valence-corrected chi connectivity index (χ0v) is 40.1. The van der Waals surface area contributed by atoms with Crippen LogP contribution in [0.2, 0.25) is 0 Å². The van der Waals surface area contributed by atoms with E-state index in [9.17, 15) is 0 Å². The van der Waals surface area contributed by atoms with Crippen LogP contribution in [0, 0.1) is 0 Å². The molecule has 0 unspecified atom stereocenters. The summed E-state index contributed by atoms with van der Waals surface area (Å²) in [6.45, 7) is 9.48. The summed E-state index contributed by atoms with van der Waals surface area (Å²) in [5.74, 6) is 0. The molecule has 0 radical (unpaired) electrons. The average molecular weight is 900 g/mol. The van der Waals surface area contributed by atoms with Gasteiger partial charge in [0.1, 0.15) is 11.2 Å². The monoisotopic (exact) mass is 899 g/mol. The summed E-state index contributed by atoms with van der Waals surface area (Å²) in [5, 5.41) is 2.38. The van der Waals surface area contributed by atoms with Gasteiger partial charge >= 0.3 is 0 Å². The zero-order chi connectivity index (χ0) is 47.2. The zero-order valence-electron chi connectivity index (χ0n) is 40.1. The molecule has 0 aliphatic heterocycles. The Labute approximate surface area is 411 Å². The van der Waals surface area contributed by atoms with Crippen molar-refractivity contribution < 1.29 is 4.42 Å². The molecule has 10 aromatic carbocycles. The summed E-state index contributed by atoms with van der Waals surface area (Å²) in [6.07, 6.45) is 1.14. The second-order valence-corrected chi connectivity index (χ2v) is 20.8. The van der Waals surface area contributed by atoms with E-state index in [1.807, 2.05) is 0 Å². The van der Waals surface area contributed by atoms with Crippen molar-refractivity contribution in [2.75, 3.05) is 4.90 Å². The molecule has 2 nitrogen and oxygen atoms in total. The number of hydrogen-bond donors (Lipinski definition) is 0. The topological polar surface area (TPSA) is 16.4 Å². The van der Waals surface area contributed by atoms with Crippen LogP contribution in [0.4, 0.5) is 17.1 Å². The Balaban J connectivity index is 0.916. The molecule has 1 heterocycles. The highest BCUT2D eigenvalue weighted by Gasteiger charge is 2.46. The first kappa shape index (κ1) is 41.9. The highest BCUT2D eigenvalue weighted by atomic mass is 16.3. The number of fused-ring (bicyclic) bond motifs is 7.